The fourth-order valence-electron chi connectivity index (χ4n) is 8.57. The summed E-state index contributed by atoms with van der Waals surface area (Å²) in [5.41, 5.74) is 0.365. The molecule has 0 aromatic carbocycles. The van der Waals surface area contributed by atoms with Crippen LogP contribution in [0.1, 0.15) is 130 Å². The normalized spacial score (nSPS) is 41.0. The lowest BCUT2D eigenvalue weighted by Gasteiger charge is -2.60. The molecular formula is C29H48O3. The Balaban J connectivity index is 1.24. The highest BCUT2D eigenvalue weighted by atomic mass is 16.5. The molecule has 0 saturated heterocycles. The van der Waals surface area contributed by atoms with Crippen molar-refractivity contribution in [3.8, 4) is 0 Å². The second-order valence-corrected chi connectivity index (χ2v) is 12.3. The fourth-order valence-corrected chi connectivity index (χ4v) is 8.57. The van der Waals surface area contributed by atoms with Gasteiger partial charge in [0, 0.05) is 18.3 Å². The first-order valence-corrected chi connectivity index (χ1v) is 14.1. The average molecular weight is 445 g/mol. The first-order chi connectivity index (χ1) is 15.4. The third kappa shape index (κ3) is 4.69. The van der Waals surface area contributed by atoms with Crippen LogP contribution in [0, 0.1) is 34.5 Å². The maximum Gasteiger partial charge on any atom is 0.306 e. The topological polar surface area (TPSA) is 43.4 Å². The molecule has 0 aliphatic heterocycles. The third-order valence-corrected chi connectivity index (χ3v) is 10.6. The predicted molar refractivity (Wildman–Crippen MR) is 129 cm³/mol. The number of carbonyl (C=O) groups excluding carboxylic acids is 2. The van der Waals surface area contributed by atoms with E-state index in [0.29, 0.717) is 29.5 Å². The molecule has 3 heteroatoms. The minimum atomic E-state index is -0.0207. The minimum absolute atomic E-state index is 0.0207. The van der Waals surface area contributed by atoms with Crippen molar-refractivity contribution in [3.05, 3.63) is 0 Å². The largest absolute Gasteiger partial charge is 0.462 e. The van der Waals surface area contributed by atoms with Crippen LogP contribution in [0.5, 0.6) is 0 Å². The van der Waals surface area contributed by atoms with Crippen LogP contribution in [0.2, 0.25) is 0 Å². The van der Waals surface area contributed by atoms with E-state index in [4.69, 9.17) is 4.74 Å². The monoisotopic (exact) mass is 444 g/mol. The van der Waals surface area contributed by atoms with Crippen molar-refractivity contribution in [1.82, 2.24) is 0 Å². The molecule has 0 aromatic rings. The van der Waals surface area contributed by atoms with Crippen molar-refractivity contribution < 1.29 is 14.3 Å². The number of hydrogen-bond acceptors (Lipinski definition) is 3. The van der Waals surface area contributed by atoms with Crippen molar-refractivity contribution in [1.29, 1.82) is 0 Å². The number of esters is 1. The van der Waals surface area contributed by atoms with Gasteiger partial charge in [0.1, 0.15) is 11.9 Å². The van der Waals surface area contributed by atoms with Crippen molar-refractivity contribution in [3.63, 3.8) is 0 Å². The van der Waals surface area contributed by atoms with Crippen LogP contribution in [0.3, 0.4) is 0 Å². The van der Waals surface area contributed by atoms with Gasteiger partial charge >= 0.3 is 5.97 Å². The molecule has 0 radical (unpaired) electrons. The van der Waals surface area contributed by atoms with E-state index in [1.165, 1.54) is 57.8 Å². The summed E-state index contributed by atoms with van der Waals surface area (Å²) in [6.45, 7) is 7.07. The molecule has 182 valence electrons. The summed E-state index contributed by atoms with van der Waals surface area (Å²) >= 11 is 0. The van der Waals surface area contributed by atoms with E-state index in [0.717, 1.165) is 56.8 Å². The Kier molecular flexibility index (Phi) is 7.72. The Bertz CT molecular complexity index is 671. The van der Waals surface area contributed by atoms with Gasteiger partial charge < -0.3 is 4.74 Å². The van der Waals surface area contributed by atoms with Crippen LogP contribution in [0.15, 0.2) is 0 Å². The highest BCUT2D eigenvalue weighted by Crippen LogP contribution is 2.65. The number of carbonyl (C=O) groups is 2. The number of fused-ring (bicyclic) bond motifs is 5. The van der Waals surface area contributed by atoms with Crippen LogP contribution >= 0.6 is 0 Å². The molecule has 4 fully saturated rings. The van der Waals surface area contributed by atoms with Crippen LogP contribution in [-0.2, 0) is 14.3 Å². The molecular weight excluding hydrogens is 396 g/mol. The van der Waals surface area contributed by atoms with Gasteiger partial charge in [-0.25, -0.2) is 0 Å². The molecule has 0 aromatic heterocycles. The molecule has 3 nitrogen and oxygen atoms in total. The summed E-state index contributed by atoms with van der Waals surface area (Å²) < 4.78 is 5.98. The second-order valence-electron chi connectivity index (χ2n) is 12.3. The molecule has 4 rings (SSSR count). The van der Waals surface area contributed by atoms with E-state index >= 15 is 0 Å². The molecule has 0 unspecified atom stereocenters. The molecule has 0 N–H and O–H groups in total. The van der Waals surface area contributed by atoms with Gasteiger partial charge in [0.25, 0.3) is 0 Å². The first-order valence-electron chi connectivity index (χ1n) is 14.1. The highest BCUT2D eigenvalue weighted by molar-refractivity contribution is 5.87. The van der Waals surface area contributed by atoms with Gasteiger partial charge in [-0.1, -0.05) is 59.3 Å². The Morgan fingerprint density at radius 2 is 1.66 bits per heavy atom. The number of unbranched alkanes of at least 4 members (excludes halogenated alkanes) is 6. The number of rotatable bonds is 9. The Morgan fingerprint density at radius 3 is 2.44 bits per heavy atom. The van der Waals surface area contributed by atoms with Crippen molar-refractivity contribution in [2.24, 2.45) is 34.5 Å². The molecule has 4 saturated carbocycles. The van der Waals surface area contributed by atoms with Gasteiger partial charge in [0.15, 0.2) is 0 Å². The minimum Gasteiger partial charge on any atom is -0.462 e. The molecule has 0 amide bonds. The van der Waals surface area contributed by atoms with Crippen LogP contribution in [-0.4, -0.2) is 17.9 Å². The zero-order valence-electron chi connectivity index (χ0n) is 21.1. The van der Waals surface area contributed by atoms with Gasteiger partial charge in [-0.15, -0.1) is 0 Å². The second kappa shape index (κ2) is 10.2. The Labute approximate surface area is 196 Å². The average Bonchev–Trinajstić information content (AvgIpc) is 3.08. The lowest BCUT2D eigenvalue weighted by atomic mass is 9.45. The van der Waals surface area contributed by atoms with Crippen molar-refractivity contribution >= 4 is 11.8 Å². The maximum absolute atomic E-state index is 12.6. The fraction of sp³-hybridized carbons (Fsp3) is 0.931. The van der Waals surface area contributed by atoms with Gasteiger partial charge in [-0.05, 0) is 86.9 Å². The van der Waals surface area contributed by atoms with E-state index in [9.17, 15) is 9.59 Å². The van der Waals surface area contributed by atoms with Crippen molar-refractivity contribution in [2.45, 2.75) is 136 Å². The number of Topliss-reactive ketones (excluding diaryl/α,β-unsaturated/α-hetero) is 1. The molecule has 0 heterocycles. The van der Waals surface area contributed by atoms with Gasteiger partial charge in [0.05, 0.1) is 0 Å². The lowest BCUT2D eigenvalue weighted by Crippen LogP contribution is -2.54. The summed E-state index contributed by atoms with van der Waals surface area (Å²) in [5, 5.41) is 0. The van der Waals surface area contributed by atoms with Crippen LogP contribution in [0.25, 0.3) is 0 Å². The van der Waals surface area contributed by atoms with E-state index in [1.54, 1.807) is 0 Å². The zero-order valence-corrected chi connectivity index (χ0v) is 21.1. The summed E-state index contributed by atoms with van der Waals surface area (Å²) in [4.78, 5) is 25.1. The Hall–Kier alpha value is -0.860. The summed E-state index contributed by atoms with van der Waals surface area (Å²) in [5.74, 6) is 3.43. The Morgan fingerprint density at radius 1 is 0.906 bits per heavy atom. The summed E-state index contributed by atoms with van der Waals surface area (Å²) in [7, 11) is 0. The summed E-state index contributed by atoms with van der Waals surface area (Å²) in [6.07, 6.45) is 19.6. The predicted octanol–water partition coefficient (Wildman–Crippen LogP) is 7.65. The van der Waals surface area contributed by atoms with Crippen LogP contribution in [0.4, 0.5) is 0 Å². The number of ether oxygens (including phenoxy) is 1. The van der Waals surface area contributed by atoms with E-state index in [2.05, 4.69) is 20.8 Å². The lowest BCUT2D eigenvalue weighted by molar-refractivity contribution is -0.162. The molecule has 32 heavy (non-hydrogen) atoms. The summed E-state index contributed by atoms with van der Waals surface area (Å²) in [6, 6.07) is 0. The number of hydrogen-bond donors (Lipinski definition) is 0. The third-order valence-electron chi connectivity index (χ3n) is 10.6. The molecule has 4 aliphatic carbocycles. The standard InChI is InChI=1S/C29H48O3/c1-4-5-6-7-8-9-10-11-27(31)32-22-16-18-28(2)21(20-22)12-13-23-24-14-15-26(30)29(24,3)19-17-25(23)28/h21-25H,4-20H2,1-3H3/t21-,22+,23+,24+,25+,28-,29-/m0/s1. The van der Waals surface area contributed by atoms with E-state index in [-0.39, 0.29) is 17.5 Å². The smallest absolute Gasteiger partial charge is 0.306 e. The van der Waals surface area contributed by atoms with Gasteiger partial charge in [-0.3, -0.25) is 9.59 Å². The quantitative estimate of drug-likeness (QED) is 0.271. The van der Waals surface area contributed by atoms with Gasteiger partial charge in [-0.2, -0.15) is 0 Å². The highest BCUT2D eigenvalue weighted by Gasteiger charge is 2.60. The molecule has 4 aliphatic rings. The van der Waals surface area contributed by atoms with Gasteiger partial charge in [0.2, 0.25) is 0 Å². The van der Waals surface area contributed by atoms with Crippen molar-refractivity contribution in [2.75, 3.05) is 0 Å². The SMILES string of the molecule is CCCCCCCCCC(=O)O[C@@H]1CC[C@@]2(C)[C@@H](CC[C@H]3[C@H]2CC[C@]2(C)C(=O)CC[C@H]32)C1. The van der Waals surface area contributed by atoms with E-state index < -0.39 is 0 Å². The first kappa shape index (κ1) is 24.3. The van der Waals surface area contributed by atoms with E-state index in [1.807, 2.05) is 0 Å². The maximum atomic E-state index is 12.6. The molecule has 0 bridgehead atoms. The number of ketones is 1. The van der Waals surface area contributed by atoms with Crippen LogP contribution < -0.4 is 0 Å². The molecule has 0 spiro atoms. The molecule has 7 atom stereocenters. The zero-order chi connectivity index (χ0) is 22.8.